The summed E-state index contributed by atoms with van der Waals surface area (Å²) in [5, 5.41) is 1.22. The number of hydrogen-bond donors (Lipinski definition) is 0. The fraction of sp³-hybridized carbons (Fsp3) is 0.125. The number of pyridine rings is 2. The van der Waals surface area contributed by atoms with Crippen LogP contribution in [0.4, 0.5) is 0 Å². The maximum atomic E-state index is 4.55. The number of aryl methyl sites for hydroxylation is 2. The zero-order valence-corrected chi connectivity index (χ0v) is 10.6. The molecule has 1 aromatic carbocycles. The Balaban J connectivity index is 2.31. The molecule has 2 nitrogen and oxygen atoms in total. The molecule has 0 bridgehead atoms. The Morgan fingerprint density at radius 2 is 1.78 bits per heavy atom. The third-order valence-corrected chi connectivity index (χ3v) is 3.38. The van der Waals surface area contributed by atoms with E-state index in [0.29, 0.717) is 0 Å². The van der Waals surface area contributed by atoms with Gasteiger partial charge in [-0.25, -0.2) is 4.57 Å². The molecule has 18 heavy (non-hydrogen) atoms. The summed E-state index contributed by atoms with van der Waals surface area (Å²) in [4.78, 5) is 4.55. The lowest BCUT2D eigenvalue weighted by Crippen LogP contribution is -2.30. The van der Waals surface area contributed by atoms with Crippen LogP contribution in [0.1, 0.15) is 5.56 Å². The van der Waals surface area contributed by atoms with E-state index in [0.717, 1.165) is 5.52 Å². The third kappa shape index (κ3) is 1.66. The summed E-state index contributed by atoms with van der Waals surface area (Å²) in [7, 11) is 2.06. The number of aromatic nitrogens is 2. The largest absolute Gasteiger partial charge is 0.255 e. The molecule has 0 aliphatic rings. The number of para-hydroxylation sites is 1. The molecule has 3 rings (SSSR count). The van der Waals surface area contributed by atoms with Crippen molar-refractivity contribution in [3.63, 3.8) is 0 Å². The molecule has 2 aromatic heterocycles. The Morgan fingerprint density at radius 3 is 2.61 bits per heavy atom. The lowest BCUT2D eigenvalue weighted by Gasteiger charge is -2.07. The van der Waals surface area contributed by atoms with Crippen molar-refractivity contribution < 1.29 is 4.57 Å². The first-order valence-corrected chi connectivity index (χ1v) is 6.07. The summed E-state index contributed by atoms with van der Waals surface area (Å²) in [5.41, 5.74) is 4.71. The molecule has 0 atom stereocenters. The Bertz CT molecular complexity index is 717. The standard InChI is InChI=1S/C16H15N2/c1-12-13-7-3-4-8-15(13)17-11-14(12)16-9-5-6-10-18(16)2/h3-11H,1-2H3/q+1. The number of hydrogen-bond acceptors (Lipinski definition) is 1. The predicted molar refractivity (Wildman–Crippen MR) is 73.1 cm³/mol. The molecule has 2 heteroatoms. The van der Waals surface area contributed by atoms with E-state index in [1.165, 1.54) is 22.2 Å². The second-order valence-electron chi connectivity index (χ2n) is 4.51. The molecule has 0 saturated heterocycles. The van der Waals surface area contributed by atoms with E-state index in [1.807, 2.05) is 18.3 Å². The molecule has 0 saturated carbocycles. The van der Waals surface area contributed by atoms with Gasteiger partial charge in [-0.05, 0) is 24.6 Å². The molecule has 0 radical (unpaired) electrons. The molecule has 0 N–H and O–H groups in total. The number of nitrogens with zero attached hydrogens (tertiary/aromatic N) is 2. The minimum atomic E-state index is 1.05. The zero-order chi connectivity index (χ0) is 12.5. The Kier molecular flexibility index (Phi) is 2.56. The summed E-state index contributed by atoms with van der Waals surface area (Å²) in [5.74, 6) is 0. The summed E-state index contributed by atoms with van der Waals surface area (Å²) in [6, 6.07) is 14.5. The molecule has 0 unspecified atom stereocenters. The monoisotopic (exact) mass is 235 g/mol. The van der Waals surface area contributed by atoms with Gasteiger partial charge in [0.2, 0.25) is 5.69 Å². The first-order chi connectivity index (χ1) is 8.77. The maximum Gasteiger partial charge on any atom is 0.214 e. The minimum Gasteiger partial charge on any atom is -0.255 e. The van der Waals surface area contributed by atoms with Gasteiger partial charge in [-0.2, -0.15) is 0 Å². The number of fused-ring (bicyclic) bond motifs is 1. The molecule has 3 aromatic rings. The van der Waals surface area contributed by atoms with Crippen LogP contribution in [0.25, 0.3) is 22.2 Å². The van der Waals surface area contributed by atoms with Gasteiger partial charge < -0.3 is 0 Å². The van der Waals surface area contributed by atoms with Crippen molar-refractivity contribution in [3.05, 3.63) is 60.4 Å². The Morgan fingerprint density at radius 1 is 1.00 bits per heavy atom. The van der Waals surface area contributed by atoms with E-state index in [9.17, 15) is 0 Å². The highest BCUT2D eigenvalue weighted by atomic mass is 14.9. The number of benzene rings is 1. The van der Waals surface area contributed by atoms with Crippen LogP contribution in [0.3, 0.4) is 0 Å². The van der Waals surface area contributed by atoms with Gasteiger partial charge in [-0.15, -0.1) is 0 Å². The van der Waals surface area contributed by atoms with Crippen molar-refractivity contribution in [2.24, 2.45) is 7.05 Å². The summed E-state index contributed by atoms with van der Waals surface area (Å²) < 4.78 is 2.12. The highest BCUT2D eigenvalue weighted by Crippen LogP contribution is 2.25. The molecular formula is C16H15N2+. The predicted octanol–water partition coefficient (Wildman–Crippen LogP) is 3.03. The fourth-order valence-corrected chi connectivity index (χ4v) is 2.34. The number of rotatable bonds is 1. The van der Waals surface area contributed by atoms with Crippen LogP contribution in [0.5, 0.6) is 0 Å². The van der Waals surface area contributed by atoms with Crippen molar-refractivity contribution in [2.45, 2.75) is 6.92 Å². The Hall–Kier alpha value is -2.22. The van der Waals surface area contributed by atoms with Crippen LogP contribution in [0.2, 0.25) is 0 Å². The first kappa shape index (κ1) is 10.9. The van der Waals surface area contributed by atoms with Gasteiger partial charge in [0.05, 0.1) is 11.1 Å². The minimum absolute atomic E-state index is 1.05. The Labute approximate surface area is 107 Å². The fourth-order valence-electron chi connectivity index (χ4n) is 2.34. The molecule has 2 heterocycles. The van der Waals surface area contributed by atoms with E-state index in [2.05, 4.69) is 60.1 Å². The van der Waals surface area contributed by atoms with Gasteiger partial charge in [0.15, 0.2) is 6.20 Å². The average Bonchev–Trinajstić information content (AvgIpc) is 2.41. The van der Waals surface area contributed by atoms with E-state index >= 15 is 0 Å². The zero-order valence-electron chi connectivity index (χ0n) is 10.6. The average molecular weight is 235 g/mol. The topological polar surface area (TPSA) is 16.8 Å². The second kappa shape index (κ2) is 4.22. The SMILES string of the molecule is Cc1c(-c2cccc[n+]2C)cnc2ccccc12. The lowest BCUT2D eigenvalue weighted by molar-refractivity contribution is -0.660. The molecular weight excluding hydrogens is 220 g/mol. The van der Waals surface area contributed by atoms with Crippen molar-refractivity contribution >= 4 is 10.9 Å². The highest BCUT2D eigenvalue weighted by Gasteiger charge is 2.13. The highest BCUT2D eigenvalue weighted by molar-refractivity contribution is 5.87. The lowest BCUT2D eigenvalue weighted by atomic mass is 10.0. The molecule has 0 fully saturated rings. The van der Waals surface area contributed by atoms with Gasteiger partial charge >= 0.3 is 0 Å². The van der Waals surface area contributed by atoms with E-state index in [-0.39, 0.29) is 0 Å². The van der Waals surface area contributed by atoms with Gasteiger partial charge in [0, 0.05) is 23.7 Å². The molecule has 0 aliphatic carbocycles. The first-order valence-electron chi connectivity index (χ1n) is 6.07. The van der Waals surface area contributed by atoms with E-state index in [4.69, 9.17) is 0 Å². The smallest absolute Gasteiger partial charge is 0.214 e. The van der Waals surface area contributed by atoms with Crippen LogP contribution in [-0.4, -0.2) is 4.98 Å². The molecule has 0 aliphatic heterocycles. The van der Waals surface area contributed by atoms with Gasteiger partial charge in [0.25, 0.3) is 0 Å². The summed E-state index contributed by atoms with van der Waals surface area (Å²) in [6.07, 6.45) is 4.02. The van der Waals surface area contributed by atoms with Crippen LogP contribution < -0.4 is 4.57 Å². The maximum absolute atomic E-state index is 4.55. The third-order valence-electron chi connectivity index (χ3n) is 3.38. The van der Waals surface area contributed by atoms with Gasteiger partial charge in [-0.1, -0.05) is 18.2 Å². The van der Waals surface area contributed by atoms with Gasteiger partial charge in [0.1, 0.15) is 7.05 Å². The summed E-state index contributed by atoms with van der Waals surface area (Å²) >= 11 is 0. The second-order valence-corrected chi connectivity index (χ2v) is 4.51. The van der Waals surface area contributed by atoms with Crippen molar-refractivity contribution in [2.75, 3.05) is 0 Å². The molecule has 0 amide bonds. The normalized spacial score (nSPS) is 10.8. The van der Waals surface area contributed by atoms with Crippen LogP contribution in [0, 0.1) is 6.92 Å². The van der Waals surface area contributed by atoms with E-state index in [1.54, 1.807) is 0 Å². The van der Waals surface area contributed by atoms with E-state index < -0.39 is 0 Å². The molecule has 0 spiro atoms. The van der Waals surface area contributed by atoms with Crippen molar-refractivity contribution in [1.29, 1.82) is 0 Å². The van der Waals surface area contributed by atoms with Crippen LogP contribution in [0.15, 0.2) is 54.9 Å². The van der Waals surface area contributed by atoms with Gasteiger partial charge in [-0.3, -0.25) is 4.98 Å². The van der Waals surface area contributed by atoms with Crippen LogP contribution in [-0.2, 0) is 7.05 Å². The molecule has 88 valence electrons. The van der Waals surface area contributed by atoms with Crippen molar-refractivity contribution in [3.8, 4) is 11.3 Å². The van der Waals surface area contributed by atoms with Crippen molar-refractivity contribution in [1.82, 2.24) is 4.98 Å². The summed E-state index contributed by atoms with van der Waals surface area (Å²) in [6.45, 7) is 2.16. The van der Waals surface area contributed by atoms with Crippen LogP contribution >= 0.6 is 0 Å². The quantitative estimate of drug-likeness (QED) is 0.592.